The van der Waals surface area contributed by atoms with E-state index in [0.717, 1.165) is 33.0 Å². The van der Waals surface area contributed by atoms with E-state index in [1.165, 1.54) is 42.1 Å². The number of aromatic nitrogens is 3. The second kappa shape index (κ2) is 10.9. The Balaban J connectivity index is 1.14. The van der Waals surface area contributed by atoms with Crippen molar-refractivity contribution in [3.63, 3.8) is 0 Å². The van der Waals surface area contributed by atoms with Gasteiger partial charge in [0.25, 0.3) is 0 Å². The second-order valence-corrected chi connectivity index (χ2v) is 12.8. The van der Waals surface area contributed by atoms with E-state index in [-0.39, 0.29) is 5.28 Å². The summed E-state index contributed by atoms with van der Waals surface area (Å²) in [6, 6.07) is 51.2. The summed E-state index contributed by atoms with van der Waals surface area (Å²) in [7, 11) is 0. The number of fused-ring (bicyclic) bond motifs is 5. The fraction of sp³-hybridized carbons (Fsp3) is 0. The highest BCUT2D eigenvalue weighted by Crippen LogP contribution is 2.41. The van der Waals surface area contributed by atoms with Gasteiger partial charge in [-0.15, -0.1) is 11.3 Å². The van der Waals surface area contributed by atoms with Gasteiger partial charge in [0.1, 0.15) is 0 Å². The molecule has 0 unspecified atom stereocenters. The Kier molecular flexibility index (Phi) is 6.37. The number of benzene rings is 7. The average Bonchev–Trinajstić information content (AvgIpc) is 3.50. The maximum Gasteiger partial charge on any atom is 0.226 e. The van der Waals surface area contributed by atoms with Gasteiger partial charge < -0.3 is 0 Å². The van der Waals surface area contributed by atoms with Crippen molar-refractivity contribution in [3.05, 3.63) is 151 Å². The first kappa shape index (κ1) is 26.9. The lowest BCUT2D eigenvalue weighted by Crippen LogP contribution is -1.98. The van der Waals surface area contributed by atoms with Crippen LogP contribution in [-0.4, -0.2) is 15.0 Å². The first-order valence-electron chi connectivity index (χ1n) is 15.1. The monoisotopic (exact) mass is 625 g/mol. The highest BCUT2D eigenvalue weighted by molar-refractivity contribution is 7.25. The van der Waals surface area contributed by atoms with Gasteiger partial charge in [-0.25, -0.2) is 4.98 Å². The number of nitrogens with zero attached hydrogens (tertiary/aromatic N) is 3. The normalized spacial score (nSPS) is 11.6. The molecule has 9 aromatic rings. The van der Waals surface area contributed by atoms with Crippen molar-refractivity contribution < 1.29 is 0 Å². The maximum absolute atomic E-state index is 6.57. The Morgan fingerprint density at radius 3 is 1.98 bits per heavy atom. The quantitative estimate of drug-likeness (QED) is 0.195. The smallest absolute Gasteiger partial charge is 0.208 e. The molecular formula is C41H24ClN3S. The minimum atomic E-state index is 0.167. The summed E-state index contributed by atoms with van der Waals surface area (Å²) < 4.78 is 2.60. The van der Waals surface area contributed by atoms with Gasteiger partial charge in [0.05, 0.1) is 0 Å². The van der Waals surface area contributed by atoms with E-state index in [4.69, 9.17) is 16.6 Å². The van der Waals surface area contributed by atoms with Crippen LogP contribution in [0.3, 0.4) is 0 Å². The molecule has 0 saturated heterocycles. The van der Waals surface area contributed by atoms with Gasteiger partial charge in [0.15, 0.2) is 11.6 Å². The summed E-state index contributed by atoms with van der Waals surface area (Å²) in [6.45, 7) is 0. The summed E-state index contributed by atoms with van der Waals surface area (Å²) in [4.78, 5) is 14.1. The molecule has 7 aromatic carbocycles. The predicted molar refractivity (Wildman–Crippen MR) is 194 cm³/mol. The van der Waals surface area contributed by atoms with E-state index in [9.17, 15) is 0 Å². The van der Waals surface area contributed by atoms with E-state index < -0.39 is 0 Å². The molecular weight excluding hydrogens is 602 g/mol. The standard InChI is InChI=1S/C41H24ClN3S/c42-41-44-39(29-13-5-11-27(24-29)31-16-6-10-25-9-1-2-14-30(25)31)43-40(45-41)34-18-7-12-26-23-28(21-22-32(26)34)33-17-8-20-37-38(33)35-15-3-4-19-36(35)46-37/h1-24H. The number of rotatable bonds is 4. The first-order valence-corrected chi connectivity index (χ1v) is 16.3. The van der Waals surface area contributed by atoms with Gasteiger partial charge in [-0.1, -0.05) is 121 Å². The van der Waals surface area contributed by atoms with Gasteiger partial charge >= 0.3 is 0 Å². The molecule has 0 bridgehead atoms. The summed E-state index contributed by atoms with van der Waals surface area (Å²) in [5.41, 5.74) is 6.47. The molecule has 9 rings (SSSR count). The lowest BCUT2D eigenvalue weighted by atomic mass is 9.95. The Labute approximate surface area is 274 Å². The Hall–Kier alpha value is -5.42. The number of halogens is 1. The summed E-state index contributed by atoms with van der Waals surface area (Å²) in [5.74, 6) is 1.09. The van der Waals surface area contributed by atoms with E-state index in [2.05, 4.69) is 143 Å². The third-order valence-corrected chi connectivity index (χ3v) is 9.97. The van der Waals surface area contributed by atoms with Crippen LogP contribution in [0.15, 0.2) is 146 Å². The van der Waals surface area contributed by atoms with Gasteiger partial charge in [-0.05, 0) is 79.7 Å². The number of hydrogen-bond donors (Lipinski definition) is 0. The summed E-state index contributed by atoms with van der Waals surface area (Å²) in [5, 5.41) is 7.35. The molecule has 0 aliphatic carbocycles. The first-order chi connectivity index (χ1) is 22.7. The Morgan fingerprint density at radius 2 is 1.04 bits per heavy atom. The molecule has 0 aliphatic heterocycles. The molecule has 2 aromatic heterocycles. The van der Waals surface area contributed by atoms with Crippen molar-refractivity contribution in [1.29, 1.82) is 0 Å². The van der Waals surface area contributed by atoms with Crippen LogP contribution in [0.5, 0.6) is 0 Å². The molecule has 0 N–H and O–H groups in total. The largest absolute Gasteiger partial charge is 0.226 e. The van der Waals surface area contributed by atoms with Crippen molar-refractivity contribution >= 4 is 64.7 Å². The molecule has 216 valence electrons. The molecule has 0 amide bonds. The van der Waals surface area contributed by atoms with Gasteiger partial charge in [0, 0.05) is 31.3 Å². The van der Waals surface area contributed by atoms with E-state index >= 15 is 0 Å². The van der Waals surface area contributed by atoms with E-state index in [1.807, 2.05) is 23.5 Å². The average molecular weight is 626 g/mol. The molecule has 0 aliphatic rings. The Morgan fingerprint density at radius 1 is 0.413 bits per heavy atom. The van der Waals surface area contributed by atoms with Crippen LogP contribution in [0.1, 0.15) is 0 Å². The molecule has 0 saturated carbocycles. The lowest BCUT2D eigenvalue weighted by Gasteiger charge is -2.11. The maximum atomic E-state index is 6.57. The van der Waals surface area contributed by atoms with Crippen molar-refractivity contribution in [1.82, 2.24) is 15.0 Å². The highest BCUT2D eigenvalue weighted by Gasteiger charge is 2.15. The molecule has 0 spiro atoms. The zero-order valence-corrected chi connectivity index (χ0v) is 26.1. The lowest BCUT2D eigenvalue weighted by molar-refractivity contribution is 1.07. The van der Waals surface area contributed by atoms with Crippen molar-refractivity contribution in [2.24, 2.45) is 0 Å². The molecule has 3 nitrogen and oxygen atoms in total. The van der Waals surface area contributed by atoms with Gasteiger partial charge in [-0.2, -0.15) is 9.97 Å². The minimum Gasteiger partial charge on any atom is -0.208 e. The second-order valence-electron chi connectivity index (χ2n) is 11.4. The minimum absolute atomic E-state index is 0.167. The molecule has 46 heavy (non-hydrogen) atoms. The molecule has 0 fully saturated rings. The number of thiophene rings is 1. The zero-order chi connectivity index (χ0) is 30.6. The number of hydrogen-bond acceptors (Lipinski definition) is 4. The molecule has 0 atom stereocenters. The molecule has 2 heterocycles. The van der Waals surface area contributed by atoms with Crippen molar-refractivity contribution in [2.75, 3.05) is 0 Å². The van der Waals surface area contributed by atoms with Crippen LogP contribution in [0.25, 0.3) is 86.7 Å². The third-order valence-electron chi connectivity index (χ3n) is 8.66. The van der Waals surface area contributed by atoms with Crippen LogP contribution in [0, 0.1) is 0 Å². The predicted octanol–water partition coefficient (Wildman–Crippen LogP) is 11.9. The zero-order valence-electron chi connectivity index (χ0n) is 24.5. The van der Waals surface area contributed by atoms with Crippen LogP contribution < -0.4 is 0 Å². The van der Waals surface area contributed by atoms with Crippen LogP contribution >= 0.6 is 22.9 Å². The third kappa shape index (κ3) is 4.54. The van der Waals surface area contributed by atoms with Gasteiger partial charge in [-0.3, -0.25) is 0 Å². The fourth-order valence-electron chi connectivity index (χ4n) is 6.56. The molecule has 0 radical (unpaired) electrons. The van der Waals surface area contributed by atoms with Gasteiger partial charge in [0.2, 0.25) is 5.28 Å². The summed E-state index contributed by atoms with van der Waals surface area (Å²) >= 11 is 8.41. The van der Waals surface area contributed by atoms with Crippen LogP contribution in [0.4, 0.5) is 0 Å². The SMILES string of the molecule is Clc1nc(-c2cccc(-c3cccc4ccccc34)c2)nc(-c2cccc3cc(-c4cccc5sc6ccccc6c45)ccc23)n1. The summed E-state index contributed by atoms with van der Waals surface area (Å²) in [6.07, 6.45) is 0. The van der Waals surface area contributed by atoms with Crippen molar-refractivity contribution in [2.45, 2.75) is 0 Å². The van der Waals surface area contributed by atoms with Crippen molar-refractivity contribution in [3.8, 4) is 45.0 Å². The van der Waals surface area contributed by atoms with E-state index in [1.54, 1.807) is 0 Å². The van der Waals surface area contributed by atoms with Crippen LogP contribution in [0.2, 0.25) is 5.28 Å². The van der Waals surface area contributed by atoms with Crippen LogP contribution in [-0.2, 0) is 0 Å². The fourth-order valence-corrected chi connectivity index (χ4v) is 7.86. The highest BCUT2D eigenvalue weighted by atomic mass is 35.5. The topological polar surface area (TPSA) is 38.7 Å². The Bertz CT molecular complexity index is 2620. The van der Waals surface area contributed by atoms with E-state index in [0.29, 0.717) is 11.6 Å². The molecule has 5 heteroatoms.